The molecule has 0 radical (unpaired) electrons. The normalized spacial score (nSPS) is 25.9. The fourth-order valence-electron chi connectivity index (χ4n) is 2.11. The second-order valence-corrected chi connectivity index (χ2v) is 4.70. The van der Waals surface area contributed by atoms with Crippen LogP contribution in [0.3, 0.4) is 0 Å². The molecular weight excluding hydrogens is 202 g/mol. The molecule has 3 heteroatoms. The van der Waals surface area contributed by atoms with Crippen molar-refractivity contribution in [2.75, 3.05) is 32.9 Å². The predicted molar refractivity (Wildman–Crippen MR) is 66.7 cm³/mol. The average Bonchev–Trinajstić information content (AvgIpc) is 2.30. The van der Waals surface area contributed by atoms with Gasteiger partial charge in [-0.15, -0.1) is 0 Å². The van der Waals surface area contributed by atoms with Crippen LogP contribution >= 0.6 is 0 Å². The highest BCUT2D eigenvalue weighted by atomic mass is 16.5. The molecule has 0 bridgehead atoms. The minimum absolute atomic E-state index is 0.518. The standard InChI is InChI=1S/C13H27NO2/c1-3-15-10-8-14-9-11-16-13-6-4-12(2)5-7-13/h12-14H,3-11H2,1-2H3. The van der Waals surface area contributed by atoms with Gasteiger partial charge in [-0.05, 0) is 38.5 Å². The molecule has 16 heavy (non-hydrogen) atoms. The summed E-state index contributed by atoms with van der Waals surface area (Å²) in [5, 5.41) is 3.32. The van der Waals surface area contributed by atoms with E-state index in [1.54, 1.807) is 0 Å². The van der Waals surface area contributed by atoms with Gasteiger partial charge in [0, 0.05) is 19.7 Å². The van der Waals surface area contributed by atoms with Gasteiger partial charge in [-0.3, -0.25) is 0 Å². The molecule has 0 amide bonds. The van der Waals surface area contributed by atoms with Crippen LogP contribution in [0.5, 0.6) is 0 Å². The lowest BCUT2D eigenvalue weighted by atomic mass is 9.89. The molecule has 1 aliphatic rings. The number of rotatable bonds is 8. The Hall–Kier alpha value is -0.120. The summed E-state index contributed by atoms with van der Waals surface area (Å²) in [6.07, 6.45) is 5.69. The molecule has 0 heterocycles. The quantitative estimate of drug-likeness (QED) is 0.647. The van der Waals surface area contributed by atoms with Crippen molar-refractivity contribution in [1.29, 1.82) is 0 Å². The van der Waals surface area contributed by atoms with Crippen LogP contribution in [-0.2, 0) is 9.47 Å². The molecule has 0 aromatic rings. The van der Waals surface area contributed by atoms with E-state index in [4.69, 9.17) is 9.47 Å². The summed E-state index contributed by atoms with van der Waals surface area (Å²) in [5.41, 5.74) is 0. The molecule has 1 N–H and O–H groups in total. The first-order chi connectivity index (χ1) is 7.83. The van der Waals surface area contributed by atoms with E-state index in [1.165, 1.54) is 25.7 Å². The van der Waals surface area contributed by atoms with E-state index in [9.17, 15) is 0 Å². The zero-order valence-corrected chi connectivity index (χ0v) is 10.8. The highest BCUT2D eigenvalue weighted by molar-refractivity contribution is 4.69. The van der Waals surface area contributed by atoms with Gasteiger partial charge < -0.3 is 14.8 Å². The SMILES string of the molecule is CCOCCNCCOC1CCC(C)CC1. The second kappa shape index (κ2) is 8.97. The minimum atomic E-state index is 0.518. The lowest BCUT2D eigenvalue weighted by Crippen LogP contribution is -2.27. The molecule has 0 spiro atoms. The number of hydrogen-bond donors (Lipinski definition) is 1. The summed E-state index contributed by atoms with van der Waals surface area (Å²) in [7, 11) is 0. The Morgan fingerprint density at radius 1 is 1.06 bits per heavy atom. The fraction of sp³-hybridized carbons (Fsp3) is 1.00. The molecule has 0 aliphatic heterocycles. The van der Waals surface area contributed by atoms with Gasteiger partial charge in [0.2, 0.25) is 0 Å². The Balaban J connectivity index is 1.84. The molecule has 0 saturated heterocycles. The number of ether oxygens (including phenoxy) is 2. The van der Waals surface area contributed by atoms with Crippen LogP contribution < -0.4 is 5.32 Å². The van der Waals surface area contributed by atoms with E-state index in [2.05, 4.69) is 12.2 Å². The van der Waals surface area contributed by atoms with Crippen molar-refractivity contribution in [2.24, 2.45) is 5.92 Å². The Labute approximate surface area is 99.9 Å². The van der Waals surface area contributed by atoms with Crippen molar-refractivity contribution < 1.29 is 9.47 Å². The summed E-state index contributed by atoms with van der Waals surface area (Å²) in [6, 6.07) is 0. The number of nitrogens with one attached hydrogen (secondary N) is 1. The predicted octanol–water partition coefficient (Wildman–Crippen LogP) is 2.21. The molecule has 0 aromatic carbocycles. The Kier molecular flexibility index (Phi) is 7.81. The van der Waals surface area contributed by atoms with E-state index in [0.29, 0.717) is 6.10 Å². The summed E-state index contributed by atoms with van der Waals surface area (Å²) < 4.78 is 11.1. The highest BCUT2D eigenvalue weighted by Gasteiger charge is 2.17. The zero-order valence-electron chi connectivity index (χ0n) is 10.8. The monoisotopic (exact) mass is 229 g/mol. The molecule has 0 atom stereocenters. The van der Waals surface area contributed by atoms with E-state index in [1.807, 2.05) is 6.92 Å². The van der Waals surface area contributed by atoms with Crippen LogP contribution in [0, 0.1) is 5.92 Å². The molecule has 0 aromatic heterocycles. The van der Waals surface area contributed by atoms with E-state index < -0.39 is 0 Å². The van der Waals surface area contributed by atoms with Crippen LogP contribution in [0.2, 0.25) is 0 Å². The highest BCUT2D eigenvalue weighted by Crippen LogP contribution is 2.25. The van der Waals surface area contributed by atoms with Gasteiger partial charge in [0.1, 0.15) is 0 Å². The van der Waals surface area contributed by atoms with Crippen LogP contribution in [0.15, 0.2) is 0 Å². The molecule has 1 rings (SSSR count). The Morgan fingerprint density at radius 3 is 2.44 bits per heavy atom. The maximum absolute atomic E-state index is 5.83. The second-order valence-electron chi connectivity index (χ2n) is 4.70. The van der Waals surface area contributed by atoms with Crippen molar-refractivity contribution in [1.82, 2.24) is 5.32 Å². The molecule has 1 fully saturated rings. The van der Waals surface area contributed by atoms with E-state index in [-0.39, 0.29) is 0 Å². The Morgan fingerprint density at radius 2 is 1.75 bits per heavy atom. The third-order valence-electron chi connectivity index (χ3n) is 3.22. The van der Waals surface area contributed by atoms with Gasteiger partial charge in [-0.1, -0.05) is 6.92 Å². The van der Waals surface area contributed by atoms with Crippen molar-refractivity contribution in [3.63, 3.8) is 0 Å². The maximum atomic E-state index is 5.83. The summed E-state index contributed by atoms with van der Waals surface area (Å²) in [4.78, 5) is 0. The van der Waals surface area contributed by atoms with Gasteiger partial charge in [0.25, 0.3) is 0 Å². The zero-order chi connectivity index (χ0) is 11.6. The summed E-state index contributed by atoms with van der Waals surface area (Å²) in [6.45, 7) is 8.68. The maximum Gasteiger partial charge on any atom is 0.0594 e. The molecular formula is C13H27NO2. The van der Waals surface area contributed by atoms with Gasteiger partial charge in [0.05, 0.1) is 19.3 Å². The topological polar surface area (TPSA) is 30.5 Å². The van der Waals surface area contributed by atoms with E-state index in [0.717, 1.165) is 38.8 Å². The first-order valence-corrected chi connectivity index (χ1v) is 6.73. The third-order valence-corrected chi connectivity index (χ3v) is 3.22. The largest absolute Gasteiger partial charge is 0.380 e. The van der Waals surface area contributed by atoms with Crippen molar-refractivity contribution in [3.05, 3.63) is 0 Å². The fourth-order valence-corrected chi connectivity index (χ4v) is 2.11. The molecule has 0 unspecified atom stereocenters. The lowest BCUT2D eigenvalue weighted by Gasteiger charge is -2.26. The first-order valence-electron chi connectivity index (χ1n) is 6.73. The van der Waals surface area contributed by atoms with Gasteiger partial charge in [-0.2, -0.15) is 0 Å². The molecule has 1 saturated carbocycles. The third kappa shape index (κ3) is 6.46. The molecule has 1 aliphatic carbocycles. The van der Waals surface area contributed by atoms with Crippen LogP contribution in [0.1, 0.15) is 39.5 Å². The van der Waals surface area contributed by atoms with Crippen molar-refractivity contribution in [3.8, 4) is 0 Å². The van der Waals surface area contributed by atoms with E-state index >= 15 is 0 Å². The first kappa shape index (κ1) is 13.9. The van der Waals surface area contributed by atoms with Gasteiger partial charge in [0.15, 0.2) is 0 Å². The van der Waals surface area contributed by atoms with Crippen molar-refractivity contribution >= 4 is 0 Å². The smallest absolute Gasteiger partial charge is 0.0594 e. The number of hydrogen-bond acceptors (Lipinski definition) is 3. The molecule has 96 valence electrons. The lowest BCUT2D eigenvalue weighted by molar-refractivity contribution is 0.0210. The van der Waals surface area contributed by atoms with Gasteiger partial charge >= 0.3 is 0 Å². The average molecular weight is 229 g/mol. The van der Waals surface area contributed by atoms with Crippen molar-refractivity contribution in [2.45, 2.75) is 45.6 Å². The van der Waals surface area contributed by atoms with Crippen LogP contribution in [-0.4, -0.2) is 39.0 Å². The summed E-state index contributed by atoms with van der Waals surface area (Å²) in [5.74, 6) is 0.907. The van der Waals surface area contributed by atoms with Crippen LogP contribution in [0.4, 0.5) is 0 Å². The van der Waals surface area contributed by atoms with Crippen LogP contribution in [0.25, 0.3) is 0 Å². The summed E-state index contributed by atoms with van der Waals surface area (Å²) >= 11 is 0. The Bertz CT molecular complexity index is 156. The van der Waals surface area contributed by atoms with Gasteiger partial charge in [-0.25, -0.2) is 0 Å². The molecule has 3 nitrogen and oxygen atoms in total. The minimum Gasteiger partial charge on any atom is -0.380 e.